The van der Waals surface area contributed by atoms with Crippen molar-refractivity contribution in [3.8, 4) is 0 Å². The molecule has 0 aliphatic carbocycles. The van der Waals surface area contributed by atoms with E-state index in [4.69, 9.17) is 0 Å². The summed E-state index contributed by atoms with van der Waals surface area (Å²) in [4.78, 5) is 23.4. The molecule has 4 nitrogen and oxygen atoms in total. The Morgan fingerprint density at radius 2 is 2.10 bits per heavy atom. The molecular weight excluding hydrogens is 259 g/mol. The van der Waals surface area contributed by atoms with E-state index in [9.17, 15) is 14.0 Å². The van der Waals surface area contributed by atoms with Gasteiger partial charge in [-0.15, -0.1) is 0 Å². The highest BCUT2D eigenvalue weighted by molar-refractivity contribution is 6.00. The molecule has 110 valence electrons. The van der Waals surface area contributed by atoms with Crippen LogP contribution in [0, 0.1) is 5.82 Å². The Kier molecular flexibility index (Phi) is 6.87. The Balaban J connectivity index is 2.34. The van der Waals surface area contributed by atoms with E-state index in [0.29, 0.717) is 5.56 Å². The van der Waals surface area contributed by atoms with Crippen molar-refractivity contribution in [3.05, 3.63) is 35.6 Å². The van der Waals surface area contributed by atoms with Crippen LogP contribution in [0.5, 0.6) is 0 Å². The number of Topliss-reactive ketones (excluding diaryl/α,β-unsaturated/α-hetero) is 1. The van der Waals surface area contributed by atoms with Crippen molar-refractivity contribution in [2.45, 2.75) is 39.3 Å². The zero-order valence-electron chi connectivity index (χ0n) is 11.9. The summed E-state index contributed by atoms with van der Waals surface area (Å²) >= 11 is 0. The van der Waals surface area contributed by atoms with Gasteiger partial charge in [0.1, 0.15) is 5.82 Å². The maximum atomic E-state index is 13.0. The van der Waals surface area contributed by atoms with Gasteiger partial charge in [0.05, 0.1) is 12.5 Å². The molecule has 20 heavy (non-hydrogen) atoms. The molecule has 1 unspecified atom stereocenters. The number of amides is 1. The van der Waals surface area contributed by atoms with Gasteiger partial charge in [-0.05, 0) is 37.6 Å². The zero-order chi connectivity index (χ0) is 15.0. The van der Waals surface area contributed by atoms with Crippen LogP contribution in [-0.2, 0) is 16.1 Å². The second-order valence-corrected chi connectivity index (χ2v) is 4.73. The van der Waals surface area contributed by atoms with Crippen LogP contribution in [0.1, 0.15) is 32.3 Å². The first-order valence-corrected chi connectivity index (χ1v) is 6.80. The van der Waals surface area contributed by atoms with Crippen LogP contribution in [0.2, 0.25) is 0 Å². The molecule has 0 radical (unpaired) electrons. The van der Waals surface area contributed by atoms with Crippen molar-refractivity contribution in [1.29, 1.82) is 0 Å². The number of carbonyl (C=O) groups excluding carboxylic acids is 2. The number of carbonyl (C=O) groups is 2. The second kappa shape index (κ2) is 8.43. The molecule has 0 aliphatic rings. The summed E-state index contributed by atoms with van der Waals surface area (Å²) in [5.74, 6) is -0.829. The van der Waals surface area contributed by atoms with Crippen LogP contribution in [0.25, 0.3) is 0 Å². The number of hydrogen-bond donors (Lipinski definition) is 2. The first-order valence-electron chi connectivity index (χ1n) is 6.80. The van der Waals surface area contributed by atoms with E-state index < -0.39 is 0 Å². The van der Waals surface area contributed by atoms with Gasteiger partial charge in [0.2, 0.25) is 5.91 Å². The van der Waals surface area contributed by atoms with Gasteiger partial charge in [0.15, 0.2) is 5.78 Å². The molecule has 1 amide bonds. The highest BCUT2D eigenvalue weighted by atomic mass is 19.1. The molecule has 1 aromatic rings. The normalized spacial score (nSPS) is 11.9. The summed E-state index contributed by atoms with van der Waals surface area (Å²) in [6.07, 6.45) is 0.774. The summed E-state index contributed by atoms with van der Waals surface area (Å²) in [7, 11) is 0. The quantitative estimate of drug-likeness (QED) is 0.714. The number of nitrogens with one attached hydrogen (secondary N) is 2. The van der Waals surface area contributed by atoms with Gasteiger partial charge >= 0.3 is 0 Å². The SMILES string of the molecule is CCCNC(C)C(=O)CC(=O)NCc1cccc(F)c1. The molecule has 0 spiro atoms. The lowest BCUT2D eigenvalue weighted by molar-refractivity contribution is -0.129. The molecule has 2 N–H and O–H groups in total. The second-order valence-electron chi connectivity index (χ2n) is 4.73. The fraction of sp³-hybridized carbons (Fsp3) is 0.467. The molecular formula is C15H21FN2O2. The Morgan fingerprint density at radius 3 is 2.75 bits per heavy atom. The number of rotatable bonds is 8. The van der Waals surface area contributed by atoms with Crippen molar-refractivity contribution >= 4 is 11.7 Å². The Hall–Kier alpha value is -1.75. The first-order chi connectivity index (χ1) is 9.52. The van der Waals surface area contributed by atoms with E-state index in [0.717, 1.165) is 13.0 Å². The largest absolute Gasteiger partial charge is 0.352 e. The maximum absolute atomic E-state index is 13.0. The molecule has 0 bridgehead atoms. The molecule has 1 atom stereocenters. The minimum Gasteiger partial charge on any atom is -0.352 e. The topological polar surface area (TPSA) is 58.2 Å². The Labute approximate surface area is 118 Å². The summed E-state index contributed by atoms with van der Waals surface area (Å²) in [6, 6.07) is 5.67. The minimum absolute atomic E-state index is 0.143. The summed E-state index contributed by atoms with van der Waals surface area (Å²) < 4.78 is 13.0. The average Bonchev–Trinajstić information content (AvgIpc) is 2.42. The number of hydrogen-bond acceptors (Lipinski definition) is 3. The highest BCUT2D eigenvalue weighted by Gasteiger charge is 2.15. The van der Waals surface area contributed by atoms with E-state index in [1.807, 2.05) is 6.92 Å². The average molecular weight is 280 g/mol. The molecule has 1 rings (SSSR count). The van der Waals surface area contributed by atoms with Crippen LogP contribution in [0.4, 0.5) is 4.39 Å². The predicted molar refractivity (Wildman–Crippen MR) is 75.6 cm³/mol. The fourth-order valence-corrected chi connectivity index (χ4v) is 1.70. The number of benzene rings is 1. The van der Waals surface area contributed by atoms with E-state index in [1.165, 1.54) is 12.1 Å². The third kappa shape index (κ3) is 5.93. The van der Waals surface area contributed by atoms with Crippen molar-refractivity contribution in [3.63, 3.8) is 0 Å². The van der Waals surface area contributed by atoms with E-state index in [-0.39, 0.29) is 36.5 Å². The van der Waals surface area contributed by atoms with Gasteiger partial charge in [-0.3, -0.25) is 9.59 Å². The van der Waals surface area contributed by atoms with E-state index >= 15 is 0 Å². The van der Waals surface area contributed by atoms with Crippen LogP contribution >= 0.6 is 0 Å². The molecule has 0 saturated heterocycles. The summed E-state index contributed by atoms with van der Waals surface area (Å²) in [5.41, 5.74) is 0.669. The van der Waals surface area contributed by atoms with Gasteiger partial charge in [-0.2, -0.15) is 0 Å². The molecule has 0 heterocycles. The summed E-state index contributed by atoms with van der Waals surface area (Å²) in [5, 5.41) is 5.65. The van der Waals surface area contributed by atoms with Crippen molar-refractivity contribution < 1.29 is 14.0 Å². The third-order valence-corrected chi connectivity index (χ3v) is 2.90. The van der Waals surface area contributed by atoms with E-state index in [2.05, 4.69) is 10.6 Å². The van der Waals surface area contributed by atoms with Crippen molar-refractivity contribution in [1.82, 2.24) is 10.6 Å². The van der Waals surface area contributed by atoms with Crippen LogP contribution in [0.15, 0.2) is 24.3 Å². The Morgan fingerprint density at radius 1 is 1.35 bits per heavy atom. The highest BCUT2D eigenvalue weighted by Crippen LogP contribution is 2.03. The van der Waals surface area contributed by atoms with Gasteiger partial charge in [-0.25, -0.2) is 4.39 Å². The molecule has 5 heteroatoms. The van der Waals surface area contributed by atoms with Crippen molar-refractivity contribution in [2.75, 3.05) is 6.54 Å². The van der Waals surface area contributed by atoms with Gasteiger partial charge in [-0.1, -0.05) is 19.1 Å². The smallest absolute Gasteiger partial charge is 0.227 e. The molecule has 0 saturated carbocycles. The minimum atomic E-state index is -0.343. The predicted octanol–water partition coefficient (Wildman–Crippen LogP) is 1.79. The van der Waals surface area contributed by atoms with Crippen molar-refractivity contribution in [2.24, 2.45) is 0 Å². The lowest BCUT2D eigenvalue weighted by Crippen LogP contribution is -2.37. The van der Waals surface area contributed by atoms with Crippen LogP contribution in [0.3, 0.4) is 0 Å². The first kappa shape index (κ1) is 16.3. The van der Waals surface area contributed by atoms with E-state index in [1.54, 1.807) is 19.1 Å². The molecule has 0 aromatic heterocycles. The summed E-state index contributed by atoms with van der Waals surface area (Å²) in [6.45, 7) is 4.73. The fourth-order valence-electron chi connectivity index (χ4n) is 1.70. The van der Waals surface area contributed by atoms with Gasteiger partial charge in [0.25, 0.3) is 0 Å². The molecule has 0 fully saturated rings. The lowest BCUT2D eigenvalue weighted by Gasteiger charge is -2.12. The standard InChI is InChI=1S/C15H21FN2O2/c1-3-7-17-11(2)14(19)9-15(20)18-10-12-5-4-6-13(16)8-12/h4-6,8,11,17H,3,7,9-10H2,1-2H3,(H,18,20). The van der Waals surface area contributed by atoms with Crippen LogP contribution < -0.4 is 10.6 Å². The number of halogens is 1. The third-order valence-electron chi connectivity index (χ3n) is 2.90. The lowest BCUT2D eigenvalue weighted by atomic mass is 10.1. The number of ketones is 1. The molecule has 0 aliphatic heterocycles. The monoisotopic (exact) mass is 280 g/mol. The zero-order valence-corrected chi connectivity index (χ0v) is 11.9. The molecule has 1 aromatic carbocycles. The maximum Gasteiger partial charge on any atom is 0.227 e. The van der Waals surface area contributed by atoms with Crippen LogP contribution in [-0.4, -0.2) is 24.3 Å². The Bertz CT molecular complexity index is 463. The van der Waals surface area contributed by atoms with Gasteiger partial charge < -0.3 is 10.6 Å². The van der Waals surface area contributed by atoms with Gasteiger partial charge in [0, 0.05) is 6.54 Å².